The maximum Gasteiger partial charge on any atom is 0.0771 e. The molecule has 0 aromatic heterocycles. The van der Waals surface area contributed by atoms with E-state index in [1.165, 1.54) is 19.3 Å². The summed E-state index contributed by atoms with van der Waals surface area (Å²) in [6.45, 7) is 8.27. The second-order valence-electron chi connectivity index (χ2n) is 7.30. The largest absolute Gasteiger partial charge is 0.389 e. The third-order valence-corrected chi connectivity index (χ3v) is 5.68. The maximum atomic E-state index is 10.7. The molecule has 1 saturated carbocycles. The number of hydrogen-bond donors (Lipinski definition) is 2. The molecule has 2 atom stereocenters. The molecule has 1 heterocycles. The summed E-state index contributed by atoms with van der Waals surface area (Å²) in [5.74, 6) is 0.835. The summed E-state index contributed by atoms with van der Waals surface area (Å²) < 4.78 is 5.89. The van der Waals surface area contributed by atoms with Gasteiger partial charge in [0, 0.05) is 19.2 Å². The van der Waals surface area contributed by atoms with Gasteiger partial charge in [-0.1, -0.05) is 20.3 Å². The highest BCUT2D eigenvalue weighted by Gasteiger charge is 2.35. The number of nitrogens with one attached hydrogen (secondary N) is 1. The Balaban J connectivity index is 1.77. The topological polar surface area (TPSA) is 41.5 Å². The summed E-state index contributed by atoms with van der Waals surface area (Å²) >= 11 is 0. The van der Waals surface area contributed by atoms with Gasteiger partial charge in [0.25, 0.3) is 0 Å². The van der Waals surface area contributed by atoms with E-state index in [1.807, 2.05) is 0 Å². The van der Waals surface area contributed by atoms with Gasteiger partial charge < -0.3 is 15.2 Å². The van der Waals surface area contributed by atoms with Crippen molar-refractivity contribution >= 4 is 0 Å². The predicted octanol–water partition coefficient (Wildman–Crippen LogP) is 3.26. The summed E-state index contributed by atoms with van der Waals surface area (Å²) in [5.41, 5.74) is -0.439. The lowest BCUT2D eigenvalue weighted by molar-refractivity contribution is -0.0824. The lowest BCUT2D eigenvalue weighted by atomic mass is 9.77. The molecule has 3 nitrogen and oxygen atoms in total. The number of aliphatic hydroxyl groups is 1. The SMILES string of the molecule is CCC1CCC(O)(CNC2CCOC(C)(CC)C2)CC1. The van der Waals surface area contributed by atoms with Gasteiger partial charge in [0.2, 0.25) is 0 Å². The Labute approximate surface area is 124 Å². The average Bonchev–Trinajstić information content (AvgIpc) is 2.46. The van der Waals surface area contributed by atoms with Crippen LogP contribution in [0.3, 0.4) is 0 Å². The molecule has 0 spiro atoms. The molecule has 1 aliphatic carbocycles. The first-order valence-electron chi connectivity index (χ1n) is 8.58. The van der Waals surface area contributed by atoms with Crippen LogP contribution in [0.25, 0.3) is 0 Å². The van der Waals surface area contributed by atoms with E-state index in [0.717, 1.165) is 51.2 Å². The van der Waals surface area contributed by atoms with Crippen molar-refractivity contribution in [2.75, 3.05) is 13.2 Å². The Morgan fingerprint density at radius 2 is 1.90 bits per heavy atom. The minimum absolute atomic E-state index is 0.0262. The molecular weight excluding hydrogens is 250 g/mol. The van der Waals surface area contributed by atoms with Gasteiger partial charge in [0.15, 0.2) is 0 Å². The van der Waals surface area contributed by atoms with Crippen LogP contribution in [-0.2, 0) is 4.74 Å². The first kappa shape index (κ1) is 16.3. The molecule has 1 saturated heterocycles. The van der Waals surface area contributed by atoms with E-state index in [2.05, 4.69) is 26.1 Å². The van der Waals surface area contributed by atoms with Crippen molar-refractivity contribution < 1.29 is 9.84 Å². The Morgan fingerprint density at radius 1 is 1.20 bits per heavy atom. The normalized spacial score (nSPS) is 42.6. The molecule has 0 aromatic rings. The molecular formula is C17H33NO2. The third kappa shape index (κ3) is 4.19. The van der Waals surface area contributed by atoms with Crippen LogP contribution >= 0.6 is 0 Å². The molecule has 2 rings (SSSR count). The average molecular weight is 283 g/mol. The maximum absolute atomic E-state index is 10.7. The van der Waals surface area contributed by atoms with E-state index >= 15 is 0 Å². The minimum atomic E-state index is -0.466. The van der Waals surface area contributed by atoms with Crippen molar-refractivity contribution in [3.8, 4) is 0 Å². The van der Waals surface area contributed by atoms with Crippen LogP contribution in [0.2, 0.25) is 0 Å². The third-order valence-electron chi connectivity index (χ3n) is 5.68. The summed E-state index contributed by atoms with van der Waals surface area (Å²) in [5, 5.41) is 14.3. The van der Waals surface area contributed by atoms with E-state index in [9.17, 15) is 5.11 Å². The Morgan fingerprint density at radius 3 is 2.50 bits per heavy atom. The summed E-state index contributed by atoms with van der Waals surface area (Å²) in [7, 11) is 0. The van der Waals surface area contributed by atoms with E-state index in [4.69, 9.17) is 4.74 Å². The smallest absolute Gasteiger partial charge is 0.0771 e. The van der Waals surface area contributed by atoms with E-state index in [-0.39, 0.29) is 5.60 Å². The van der Waals surface area contributed by atoms with Crippen LogP contribution in [-0.4, -0.2) is 35.5 Å². The van der Waals surface area contributed by atoms with Crippen molar-refractivity contribution in [1.29, 1.82) is 0 Å². The quantitative estimate of drug-likeness (QED) is 0.814. The zero-order valence-corrected chi connectivity index (χ0v) is 13.6. The highest BCUT2D eigenvalue weighted by Crippen LogP contribution is 2.34. The van der Waals surface area contributed by atoms with Crippen molar-refractivity contribution in [3.05, 3.63) is 0 Å². The van der Waals surface area contributed by atoms with Gasteiger partial charge in [-0.15, -0.1) is 0 Å². The van der Waals surface area contributed by atoms with Crippen molar-refractivity contribution in [2.45, 2.75) is 89.4 Å². The second-order valence-corrected chi connectivity index (χ2v) is 7.30. The fourth-order valence-corrected chi connectivity index (χ4v) is 3.68. The number of ether oxygens (including phenoxy) is 1. The van der Waals surface area contributed by atoms with Gasteiger partial charge in [-0.3, -0.25) is 0 Å². The zero-order valence-electron chi connectivity index (χ0n) is 13.6. The first-order valence-corrected chi connectivity index (χ1v) is 8.58. The Hall–Kier alpha value is -0.120. The predicted molar refractivity (Wildman–Crippen MR) is 82.9 cm³/mol. The van der Waals surface area contributed by atoms with E-state index < -0.39 is 5.60 Å². The van der Waals surface area contributed by atoms with E-state index in [0.29, 0.717) is 6.04 Å². The molecule has 0 aromatic carbocycles. The van der Waals surface area contributed by atoms with Gasteiger partial charge in [-0.05, 0) is 57.8 Å². The monoisotopic (exact) mass is 283 g/mol. The molecule has 2 aliphatic rings. The van der Waals surface area contributed by atoms with Crippen LogP contribution in [0.15, 0.2) is 0 Å². The standard InChI is InChI=1S/C17H33NO2/c1-4-14-6-9-17(19,10-7-14)13-18-15-8-11-20-16(3,5-2)12-15/h14-15,18-19H,4-13H2,1-3H3. The number of rotatable bonds is 5. The number of hydrogen-bond acceptors (Lipinski definition) is 3. The fourth-order valence-electron chi connectivity index (χ4n) is 3.68. The van der Waals surface area contributed by atoms with Gasteiger partial charge >= 0.3 is 0 Å². The van der Waals surface area contributed by atoms with Gasteiger partial charge in [-0.25, -0.2) is 0 Å². The van der Waals surface area contributed by atoms with Crippen molar-refractivity contribution in [1.82, 2.24) is 5.32 Å². The Kier molecular flexibility index (Phi) is 5.49. The highest BCUT2D eigenvalue weighted by molar-refractivity contribution is 4.91. The second kappa shape index (κ2) is 6.76. The van der Waals surface area contributed by atoms with E-state index in [1.54, 1.807) is 0 Å². The van der Waals surface area contributed by atoms with Crippen LogP contribution in [0, 0.1) is 5.92 Å². The first-order chi connectivity index (χ1) is 9.49. The molecule has 0 radical (unpaired) electrons. The lowest BCUT2D eigenvalue weighted by Crippen LogP contribution is -2.51. The molecule has 0 bridgehead atoms. The molecule has 2 N–H and O–H groups in total. The Bertz CT molecular complexity index is 299. The molecule has 2 fully saturated rings. The molecule has 1 aliphatic heterocycles. The molecule has 3 heteroatoms. The van der Waals surface area contributed by atoms with Crippen LogP contribution in [0.4, 0.5) is 0 Å². The fraction of sp³-hybridized carbons (Fsp3) is 1.00. The summed E-state index contributed by atoms with van der Waals surface area (Å²) in [6.07, 6.45) is 8.77. The molecule has 0 amide bonds. The van der Waals surface area contributed by atoms with Gasteiger partial charge in [0.05, 0.1) is 11.2 Å². The molecule has 2 unspecified atom stereocenters. The van der Waals surface area contributed by atoms with Gasteiger partial charge in [-0.2, -0.15) is 0 Å². The highest BCUT2D eigenvalue weighted by atomic mass is 16.5. The zero-order chi connectivity index (χ0) is 14.6. The van der Waals surface area contributed by atoms with Crippen molar-refractivity contribution in [2.24, 2.45) is 5.92 Å². The molecule has 118 valence electrons. The van der Waals surface area contributed by atoms with Crippen LogP contribution in [0.1, 0.15) is 72.1 Å². The van der Waals surface area contributed by atoms with Crippen molar-refractivity contribution in [3.63, 3.8) is 0 Å². The minimum Gasteiger partial charge on any atom is -0.389 e. The lowest BCUT2D eigenvalue weighted by Gasteiger charge is -2.41. The summed E-state index contributed by atoms with van der Waals surface area (Å²) in [4.78, 5) is 0. The molecule has 20 heavy (non-hydrogen) atoms. The van der Waals surface area contributed by atoms with Crippen LogP contribution in [0.5, 0.6) is 0 Å². The van der Waals surface area contributed by atoms with Gasteiger partial charge in [0.1, 0.15) is 0 Å². The summed E-state index contributed by atoms with van der Waals surface area (Å²) in [6, 6.07) is 0.502. The van der Waals surface area contributed by atoms with Crippen LogP contribution < -0.4 is 5.32 Å².